The van der Waals surface area contributed by atoms with E-state index in [2.05, 4.69) is 15.5 Å². The third-order valence-electron chi connectivity index (χ3n) is 5.02. The summed E-state index contributed by atoms with van der Waals surface area (Å²) in [5.41, 5.74) is 1.61. The van der Waals surface area contributed by atoms with Gasteiger partial charge in [-0.15, -0.1) is 11.3 Å². The van der Waals surface area contributed by atoms with Gasteiger partial charge in [-0.25, -0.2) is 8.42 Å². The van der Waals surface area contributed by atoms with Crippen molar-refractivity contribution in [3.05, 3.63) is 53.2 Å². The van der Waals surface area contributed by atoms with E-state index in [1.807, 2.05) is 30.3 Å². The average molecular weight is 447 g/mol. The first-order valence-electron chi connectivity index (χ1n) is 9.64. The first-order valence-corrected chi connectivity index (χ1v) is 12.0. The molecule has 0 unspecified atom stereocenters. The molecule has 4 rings (SSSR count). The number of rotatable bonds is 6. The first-order chi connectivity index (χ1) is 14.4. The lowest BCUT2D eigenvalue weighted by molar-refractivity contribution is -0.126. The van der Waals surface area contributed by atoms with Crippen LogP contribution in [0.5, 0.6) is 0 Å². The maximum Gasteiger partial charge on any atom is 0.252 e. The van der Waals surface area contributed by atoms with E-state index in [9.17, 15) is 13.2 Å². The van der Waals surface area contributed by atoms with Gasteiger partial charge in [0.1, 0.15) is 4.21 Å². The molecule has 1 N–H and O–H groups in total. The molecule has 0 radical (unpaired) electrons. The van der Waals surface area contributed by atoms with Gasteiger partial charge in [0.15, 0.2) is 0 Å². The molecule has 158 valence electrons. The van der Waals surface area contributed by atoms with Crippen LogP contribution in [0.25, 0.3) is 11.4 Å². The van der Waals surface area contributed by atoms with E-state index in [1.54, 1.807) is 18.4 Å². The largest absolute Gasteiger partial charge is 0.352 e. The van der Waals surface area contributed by atoms with Gasteiger partial charge in [-0.05, 0) is 24.5 Å². The molecule has 0 aliphatic carbocycles. The Morgan fingerprint density at radius 2 is 2.13 bits per heavy atom. The minimum Gasteiger partial charge on any atom is -0.352 e. The number of piperidine rings is 1. The van der Waals surface area contributed by atoms with Crippen molar-refractivity contribution >= 4 is 27.3 Å². The van der Waals surface area contributed by atoms with E-state index in [4.69, 9.17) is 4.52 Å². The van der Waals surface area contributed by atoms with Gasteiger partial charge in [0.2, 0.25) is 17.6 Å². The van der Waals surface area contributed by atoms with Crippen molar-refractivity contribution in [3.63, 3.8) is 0 Å². The number of nitrogens with zero attached hydrogens (tertiary/aromatic N) is 3. The first kappa shape index (κ1) is 20.7. The quantitative estimate of drug-likeness (QED) is 0.624. The number of benzene rings is 1. The fourth-order valence-corrected chi connectivity index (χ4v) is 6.25. The highest BCUT2D eigenvalue weighted by Crippen LogP contribution is 2.31. The molecule has 0 spiro atoms. The Bertz CT molecular complexity index is 1120. The van der Waals surface area contributed by atoms with Gasteiger partial charge in [0.25, 0.3) is 10.0 Å². The molecular weight excluding hydrogens is 424 g/mol. The maximum absolute atomic E-state index is 13.1. The Labute approximate surface area is 179 Å². The van der Waals surface area contributed by atoms with Gasteiger partial charge in [-0.1, -0.05) is 35.5 Å². The second-order valence-electron chi connectivity index (χ2n) is 7.20. The van der Waals surface area contributed by atoms with Crippen molar-refractivity contribution in [1.82, 2.24) is 19.8 Å². The topological polar surface area (TPSA) is 105 Å². The average Bonchev–Trinajstić information content (AvgIpc) is 3.42. The van der Waals surface area contributed by atoms with Gasteiger partial charge in [0, 0.05) is 37.5 Å². The Morgan fingerprint density at radius 3 is 2.87 bits per heavy atom. The van der Waals surface area contributed by atoms with E-state index in [0.29, 0.717) is 43.2 Å². The molecule has 1 atom stereocenters. The van der Waals surface area contributed by atoms with Gasteiger partial charge in [-0.2, -0.15) is 9.29 Å². The summed E-state index contributed by atoms with van der Waals surface area (Å²) in [4.78, 5) is 16.8. The van der Waals surface area contributed by atoms with Crippen LogP contribution in [0.4, 0.5) is 0 Å². The van der Waals surface area contributed by atoms with Gasteiger partial charge >= 0.3 is 0 Å². The van der Waals surface area contributed by atoms with Crippen LogP contribution in [-0.4, -0.2) is 41.9 Å². The van der Waals surface area contributed by atoms with Gasteiger partial charge < -0.3 is 9.84 Å². The molecule has 1 saturated heterocycles. The van der Waals surface area contributed by atoms with Gasteiger partial charge in [-0.3, -0.25) is 4.79 Å². The Morgan fingerprint density at radius 1 is 1.33 bits per heavy atom. The zero-order chi connectivity index (χ0) is 21.1. The Hall–Kier alpha value is -2.56. The predicted molar refractivity (Wildman–Crippen MR) is 112 cm³/mol. The Kier molecular flexibility index (Phi) is 5.98. The molecule has 1 amide bonds. The molecule has 10 heteroatoms. The third kappa shape index (κ3) is 4.45. The number of hydrogen-bond donors (Lipinski definition) is 1. The standard InChI is InChI=1S/C20H22N4O4S2/c1-14-22-19(23-28-14)17-10-18(29-13-17)30(26,27)24-9-5-8-16(12-24)20(25)21-11-15-6-3-2-4-7-15/h2-4,6-7,10,13,16H,5,8-9,11-12H2,1H3,(H,21,25)/t16-/m1/s1. The van der Waals surface area contributed by atoms with Crippen LogP contribution in [0.2, 0.25) is 0 Å². The third-order valence-corrected chi connectivity index (χ3v) is 8.30. The highest BCUT2D eigenvalue weighted by Gasteiger charge is 2.34. The molecule has 30 heavy (non-hydrogen) atoms. The predicted octanol–water partition coefficient (Wildman–Crippen LogP) is 2.82. The molecule has 1 aliphatic rings. The summed E-state index contributed by atoms with van der Waals surface area (Å²) < 4.78 is 32.8. The highest BCUT2D eigenvalue weighted by atomic mass is 32.2. The van der Waals surface area contributed by atoms with E-state index in [1.165, 1.54) is 4.31 Å². The minimum atomic E-state index is -3.69. The van der Waals surface area contributed by atoms with Crippen molar-refractivity contribution in [2.75, 3.05) is 13.1 Å². The van der Waals surface area contributed by atoms with Crippen molar-refractivity contribution < 1.29 is 17.7 Å². The van der Waals surface area contributed by atoms with E-state index >= 15 is 0 Å². The lowest BCUT2D eigenvalue weighted by Gasteiger charge is -2.30. The molecule has 1 fully saturated rings. The molecule has 2 aromatic heterocycles. The summed E-state index contributed by atoms with van der Waals surface area (Å²) in [6, 6.07) is 11.2. The maximum atomic E-state index is 13.1. The number of carbonyl (C=O) groups excluding carboxylic acids is 1. The molecule has 3 heterocycles. The zero-order valence-electron chi connectivity index (χ0n) is 16.4. The smallest absolute Gasteiger partial charge is 0.252 e. The van der Waals surface area contributed by atoms with Crippen LogP contribution in [0.3, 0.4) is 0 Å². The molecule has 1 aromatic carbocycles. The lowest BCUT2D eigenvalue weighted by Crippen LogP contribution is -2.45. The summed E-state index contributed by atoms with van der Waals surface area (Å²) in [6.07, 6.45) is 1.31. The molecule has 0 saturated carbocycles. The van der Waals surface area contributed by atoms with Crippen LogP contribution < -0.4 is 5.32 Å². The molecule has 0 bridgehead atoms. The van der Waals surface area contributed by atoms with Crippen LogP contribution in [-0.2, 0) is 21.4 Å². The molecule has 1 aliphatic heterocycles. The molecule has 3 aromatic rings. The van der Waals surface area contributed by atoms with Crippen LogP contribution >= 0.6 is 11.3 Å². The normalized spacial score (nSPS) is 17.7. The minimum absolute atomic E-state index is 0.118. The van der Waals surface area contributed by atoms with E-state index in [-0.39, 0.29) is 22.6 Å². The van der Waals surface area contributed by atoms with Crippen molar-refractivity contribution in [3.8, 4) is 11.4 Å². The number of aromatic nitrogens is 2. The monoisotopic (exact) mass is 446 g/mol. The molecule has 8 nitrogen and oxygen atoms in total. The second kappa shape index (κ2) is 8.66. The number of nitrogens with one attached hydrogen (secondary N) is 1. The summed E-state index contributed by atoms with van der Waals surface area (Å²) in [7, 11) is -3.69. The van der Waals surface area contributed by atoms with Gasteiger partial charge in [0.05, 0.1) is 5.92 Å². The summed E-state index contributed by atoms with van der Waals surface area (Å²) in [5.74, 6) is 0.299. The van der Waals surface area contributed by atoms with E-state index < -0.39 is 10.0 Å². The van der Waals surface area contributed by atoms with Crippen LogP contribution in [0.1, 0.15) is 24.3 Å². The number of carbonyl (C=O) groups is 1. The zero-order valence-corrected chi connectivity index (χ0v) is 18.1. The summed E-state index contributed by atoms with van der Waals surface area (Å²) in [6.45, 7) is 2.69. The fraction of sp³-hybridized carbons (Fsp3) is 0.350. The highest BCUT2D eigenvalue weighted by molar-refractivity contribution is 7.91. The number of thiophene rings is 1. The summed E-state index contributed by atoms with van der Waals surface area (Å²) >= 11 is 1.12. The number of aryl methyl sites for hydroxylation is 1. The SMILES string of the molecule is Cc1nc(-c2csc(S(=O)(=O)N3CCC[C@@H](C(=O)NCc4ccccc4)C3)c2)no1. The fourth-order valence-electron chi connectivity index (χ4n) is 3.42. The second-order valence-corrected chi connectivity index (χ2v) is 10.3. The number of hydrogen-bond acceptors (Lipinski definition) is 7. The summed E-state index contributed by atoms with van der Waals surface area (Å²) in [5, 5.41) is 8.46. The van der Waals surface area contributed by atoms with Crippen LogP contribution in [0.15, 0.2) is 50.5 Å². The van der Waals surface area contributed by atoms with Crippen LogP contribution in [0, 0.1) is 12.8 Å². The number of sulfonamides is 1. The molecular formula is C20H22N4O4S2. The van der Waals surface area contributed by atoms with E-state index in [0.717, 1.165) is 16.9 Å². The van der Waals surface area contributed by atoms with Crippen molar-refractivity contribution in [2.45, 2.75) is 30.5 Å². The number of amides is 1. The Balaban J connectivity index is 1.43. The lowest BCUT2D eigenvalue weighted by atomic mass is 9.99. The van der Waals surface area contributed by atoms with Crippen molar-refractivity contribution in [1.29, 1.82) is 0 Å². The van der Waals surface area contributed by atoms with Crippen molar-refractivity contribution in [2.24, 2.45) is 5.92 Å².